The molecule has 32 heavy (non-hydrogen) atoms. The predicted molar refractivity (Wildman–Crippen MR) is 119 cm³/mol. The molecule has 5 aliphatic rings. The van der Waals surface area contributed by atoms with Crippen LogP contribution >= 0.6 is 0 Å². The summed E-state index contributed by atoms with van der Waals surface area (Å²) in [7, 11) is 0. The Hall–Kier alpha value is -2.46. The number of fused-ring (bicyclic) bond motifs is 3. The number of nitrogens with one attached hydrogen (secondary N) is 2. The van der Waals surface area contributed by atoms with Gasteiger partial charge in [0.05, 0.1) is 6.04 Å². The maximum Gasteiger partial charge on any atom is 0.341 e. The highest BCUT2D eigenvalue weighted by atomic mass is 16.5. The number of hydrogen-bond acceptors (Lipinski definition) is 8. The monoisotopic (exact) mass is 441 g/mol. The minimum Gasteiger partial charge on any atom is -0.482 e. The number of hydrazine groups is 1. The second-order valence-electron chi connectivity index (χ2n) is 9.15. The summed E-state index contributed by atoms with van der Waals surface area (Å²) in [6.45, 7) is 5.12. The molecule has 0 aromatic rings. The van der Waals surface area contributed by atoms with E-state index < -0.39 is 12.3 Å². The van der Waals surface area contributed by atoms with Crippen LogP contribution in [0.5, 0.6) is 0 Å². The third-order valence-corrected chi connectivity index (χ3v) is 7.14. The fraction of sp³-hybridized carbons (Fsp3) is 0.565. The van der Waals surface area contributed by atoms with Crippen molar-refractivity contribution in [2.24, 2.45) is 16.3 Å². The molecule has 0 saturated carbocycles. The summed E-state index contributed by atoms with van der Waals surface area (Å²) in [4.78, 5) is 17.6. The van der Waals surface area contributed by atoms with Crippen molar-refractivity contribution in [2.75, 3.05) is 32.8 Å². The zero-order valence-corrected chi connectivity index (χ0v) is 18.3. The zero-order chi connectivity index (χ0) is 22.3. The molecule has 0 aromatic heterocycles. The Morgan fingerprint density at radius 3 is 3.03 bits per heavy atom. The minimum absolute atomic E-state index is 0.0885. The molecule has 0 bridgehead atoms. The Balaban J connectivity index is 1.29. The summed E-state index contributed by atoms with van der Waals surface area (Å²) in [6.07, 6.45) is 12.3. The van der Waals surface area contributed by atoms with Crippen molar-refractivity contribution in [1.82, 2.24) is 20.7 Å². The van der Waals surface area contributed by atoms with Gasteiger partial charge in [0.2, 0.25) is 0 Å². The van der Waals surface area contributed by atoms with E-state index in [-0.39, 0.29) is 24.0 Å². The molecule has 2 fully saturated rings. The van der Waals surface area contributed by atoms with E-state index in [1.165, 1.54) is 11.3 Å². The lowest BCUT2D eigenvalue weighted by molar-refractivity contribution is -0.140. The molecule has 0 amide bonds. The van der Waals surface area contributed by atoms with E-state index in [2.05, 4.69) is 31.7 Å². The number of aliphatic hydroxyl groups is 1. The topological polar surface area (TPSA) is 110 Å². The molecule has 9 heteroatoms. The summed E-state index contributed by atoms with van der Waals surface area (Å²) < 4.78 is 5.36. The molecule has 4 aliphatic heterocycles. The van der Waals surface area contributed by atoms with Gasteiger partial charge in [-0.25, -0.2) is 10.2 Å². The molecule has 2 saturated heterocycles. The maximum absolute atomic E-state index is 10.8. The number of carboxylic acids is 1. The van der Waals surface area contributed by atoms with E-state index in [0.717, 1.165) is 51.2 Å². The number of carboxylic acid groups (broad SMARTS) is 1. The van der Waals surface area contributed by atoms with Crippen LogP contribution in [0.4, 0.5) is 0 Å². The van der Waals surface area contributed by atoms with Gasteiger partial charge < -0.3 is 20.0 Å². The number of rotatable bonds is 7. The number of aliphatic carboxylic acids is 1. The molecule has 9 nitrogen and oxygen atoms in total. The number of hydrogen-bond donors (Lipinski definition) is 4. The molecule has 1 spiro atoms. The van der Waals surface area contributed by atoms with Crippen LogP contribution in [0.15, 0.2) is 52.5 Å². The highest BCUT2D eigenvalue weighted by Gasteiger charge is 2.51. The molecule has 4 atom stereocenters. The molecule has 4 N–H and O–H groups in total. The second kappa shape index (κ2) is 8.47. The average Bonchev–Trinajstić information content (AvgIpc) is 3.49. The summed E-state index contributed by atoms with van der Waals surface area (Å²) in [5.41, 5.74) is 7.27. The van der Waals surface area contributed by atoms with Crippen LogP contribution < -0.4 is 10.7 Å². The summed E-state index contributed by atoms with van der Waals surface area (Å²) >= 11 is 0. The fourth-order valence-corrected chi connectivity index (χ4v) is 5.50. The Morgan fingerprint density at radius 2 is 2.22 bits per heavy atom. The number of allylic oxidation sites excluding steroid dienone is 3. The molecule has 4 heterocycles. The van der Waals surface area contributed by atoms with Gasteiger partial charge in [0.1, 0.15) is 5.76 Å². The Kier molecular flexibility index (Phi) is 5.66. The van der Waals surface area contributed by atoms with Gasteiger partial charge in [0.25, 0.3) is 0 Å². The number of nitrogens with zero attached hydrogens (tertiary/aromatic N) is 3. The largest absolute Gasteiger partial charge is 0.482 e. The van der Waals surface area contributed by atoms with Gasteiger partial charge in [0.15, 0.2) is 13.0 Å². The Morgan fingerprint density at radius 1 is 1.38 bits per heavy atom. The maximum atomic E-state index is 10.8. The van der Waals surface area contributed by atoms with Crippen molar-refractivity contribution in [3.8, 4) is 0 Å². The van der Waals surface area contributed by atoms with Crippen LogP contribution in [-0.4, -0.2) is 77.0 Å². The van der Waals surface area contributed by atoms with Crippen molar-refractivity contribution < 1.29 is 19.7 Å². The molecule has 0 aromatic carbocycles. The smallest absolute Gasteiger partial charge is 0.341 e. The molecule has 0 radical (unpaired) electrons. The second-order valence-corrected chi connectivity index (χ2v) is 9.15. The number of carbonyl (C=O) groups is 1. The zero-order valence-electron chi connectivity index (χ0n) is 18.3. The van der Waals surface area contributed by atoms with Crippen LogP contribution in [0.2, 0.25) is 0 Å². The first kappa shape index (κ1) is 21.4. The third-order valence-electron chi connectivity index (χ3n) is 7.14. The number of likely N-dealkylation sites (tertiary alicyclic amines) is 1. The van der Waals surface area contributed by atoms with Gasteiger partial charge in [-0.3, -0.25) is 15.2 Å². The first-order chi connectivity index (χ1) is 15.5. The molecule has 4 unspecified atom stereocenters. The summed E-state index contributed by atoms with van der Waals surface area (Å²) in [6, 6.07) is 0.0999. The normalized spacial score (nSPS) is 32.2. The molecular formula is C23H31N5O4. The van der Waals surface area contributed by atoms with Crippen molar-refractivity contribution in [3.05, 3.63) is 47.5 Å². The van der Waals surface area contributed by atoms with Gasteiger partial charge in [-0.2, -0.15) is 0 Å². The van der Waals surface area contributed by atoms with Crippen LogP contribution in [0.1, 0.15) is 26.2 Å². The van der Waals surface area contributed by atoms with E-state index in [9.17, 15) is 9.90 Å². The lowest BCUT2D eigenvalue weighted by atomic mass is 9.81. The first-order valence-corrected chi connectivity index (χ1v) is 11.4. The van der Waals surface area contributed by atoms with Crippen LogP contribution in [0, 0.1) is 11.3 Å². The van der Waals surface area contributed by atoms with Gasteiger partial charge in [-0.05, 0) is 55.7 Å². The van der Waals surface area contributed by atoms with Gasteiger partial charge >= 0.3 is 5.97 Å². The fourth-order valence-electron chi connectivity index (χ4n) is 5.50. The standard InChI is InChI=1S/C23H31N5O4/c1-2-24-22(31)27-7-5-23(14-27)6-8-28-20(23)11-19(26-28)16-9-15-10-17(32-13-21(29)30)3-4-18(15)25-12-16/h3-4,10-12,15,19,22,24,26,31H,2,5-9,13-14H2,1H3,(H,29,30). The van der Waals surface area contributed by atoms with Gasteiger partial charge in [-0.15, -0.1) is 0 Å². The van der Waals surface area contributed by atoms with E-state index >= 15 is 0 Å². The van der Waals surface area contributed by atoms with Crippen LogP contribution in [0.25, 0.3) is 0 Å². The van der Waals surface area contributed by atoms with Crippen molar-refractivity contribution in [1.29, 1.82) is 0 Å². The van der Waals surface area contributed by atoms with E-state index in [1.54, 1.807) is 6.08 Å². The van der Waals surface area contributed by atoms with Crippen molar-refractivity contribution in [2.45, 2.75) is 38.6 Å². The number of ether oxygens (including phenoxy) is 1. The minimum atomic E-state index is -0.984. The van der Waals surface area contributed by atoms with Crippen LogP contribution in [0.3, 0.4) is 0 Å². The first-order valence-electron chi connectivity index (χ1n) is 11.4. The third kappa shape index (κ3) is 3.90. The van der Waals surface area contributed by atoms with Gasteiger partial charge in [0, 0.05) is 48.6 Å². The lowest BCUT2D eigenvalue weighted by Gasteiger charge is -2.28. The van der Waals surface area contributed by atoms with E-state index in [4.69, 9.17) is 9.84 Å². The predicted octanol–water partition coefficient (Wildman–Crippen LogP) is 0.940. The SMILES string of the molecule is CCNC(O)N1CCC2(CCN3NC(C4=CN=C5C=CC(OCC(=O)O)=CC5C4)C=C32)C1. The quantitative estimate of drug-likeness (QED) is 0.432. The van der Waals surface area contributed by atoms with Crippen LogP contribution in [-0.2, 0) is 9.53 Å². The van der Waals surface area contributed by atoms with E-state index in [0.29, 0.717) is 5.76 Å². The Bertz CT molecular complexity index is 939. The summed E-state index contributed by atoms with van der Waals surface area (Å²) in [5, 5.41) is 24.6. The van der Waals surface area contributed by atoms with Gasteiger partial charge in [-0.1, -0.05) is 6.92 Å². The average molecular weight is 442 g/mol. The molecule has 1 aliphatic carbocycles. The number of aliphatic hydroxyl groups excluding tert-OH is 1. The number of aliphatic imine (C=N–C) groups is 1. The van der Waals surface area contributed by atoms with Crippen molar-refractivity contribution >= 4 is 11.7 Å². The highest BCUT2D eigenvalue weighted by Crippen LogP contribution is 2.49. The van der Waals surface area contributed by atoms with E-state index in [1.807, 2.05) is 25.3 Å². The molecular weight excluding hydrogens is 410 g/mol. The summed E-state index contributed by atoms with van der Waals surface area (Å²) in [5.74, 6) is -0.311. The van der Waals surface area contributed by atoms with Crippen molar-refractivity contribution in [3.63, 3.8) is 0 Å². The molecule has 5 rings (SSSR count). The highest BCUT2D eigenvalue weighted by molar-refractivity contribution is 6.00. The Labute approximate surface area is 187 Å². The molecule has 172 valence electrons. The lowest BCUT2D eigenvalue weighted by Crippen LogP contribution is -2.45.